The summed E-state index contributed by atoms with van der Waals surface area (Å²) in [7, 11) is 1.68. The van der Waals surface area contributed by atoms with Crippen molar-refractivity contribution in [3.63, 3.8) is 0 Å². The third kappa shape index (κ3) is 7.54. The molecule has 6 heteroatoms. The summed E-state index contributed by atoms with van der Waals surface area (Å²) in [6, 6.07) is 7.25. The van der Waals surface area contributed by atoms with Crippen LogP contribution >= 0.6 is 24.0 Å². The Hall–Kier alpha value is -1.02. The Labute approximate surface area is 137 Å². The van der Waals surface area contributed by atoms with Crippen LogP contribution in [-0.2, 0) is 11.3 Å². The van der Waals surface area contributed by atoms with E-state index in [2.05, 4.69) is 15.6 Å². The number of phenols is 1. The summed E-state index contributed by atoms with van der Waals surface area (Å²) in [6.07, 6.45) is 0. The molecule has 1 atom stereocenters. The van der Waals surface area contributed by atoms with E-state index in [9.17, 15) is 5.11 Å². The van der Waals surface area contributed by atoms with E-state index in [1.165, 1.54) is 0 Å². The Balaban J connectivity index is 0.00000361. The van der Waals surface area contributed by atoms with E-state index in [1.807, 2.05) is 26.0 Å². The van der Waals surface area contributed by atoms with Gasteiger partial charge in [-0.3, -0.25) is 0 Å². The van der Waals surface area contributed by atoms with Crippen LogP contribution in [0.2, 0.25) is 0 Å². The number of hydrogen-bond donors (Lipinski definition) is 3. The van der Waals surface area contributed by atoms with Gasteiger partial charge in [0, 0.05) is 19.7 Å². The van der Waals surface area contributed by atoms with Gasteiger partial charge in [-0.15, -0.1) is 24.0 Å². The highest BCUT2D eigenvalue weighted by atomic mass is 127. The minimum Gasteiger partial charge on any atom is -0.508 e. The molecule has 1 unspecified atom stereocenters. The molecule has 0 spiro atoms. The van der Waals surface area contributed by atoms with E-state index in [1.54, 1.807) is 19.2 Å². The van der Waals surface area contributed by atoms with Gasteiger partial charge in [0.15, 0.2) is 5.96 Å². The summed E-state index contributed by atoms with van der Waals surface area (Å²) in [4.78, 5) is 4.49. The van der Waals surface area contributed by atoms with E-state index in [4.69, 9.17) is 4.74 Å². The maximum Gasteiger partial charge on any atom is 0.191 e. The van der Waals surface area contributed by atoms with Crippen LogP contribution in [0, 0.1) is 0 Å². The minimum absolute atomic E-state index is 0. The first kappa shape index (κ1) is 19.0. The van der Waals surface area contributed by atoms with Crippen LogP contribution < -0.4 is 10.6 Å². The summed E-state index contributed by atoms with van der Waals surface area (Å²) >= 11 is 0. The largest absolute Gasteiger partial charge is 0.508 e. The van der Waals surface area contributed by atoms with Crippen molar-refractivity contribution in [3.05, 3.63) is 29.8 Å². The van der Waals surface area contributed by atoms with Crippen LogP contribution in [0.25, 0.3) is 0 Å². The van der Waals surface area contributed by atoms with Crippen LogP contribution in [0.3, 0.4) is 0 Å². The van der Waals surface area contributed by atoms with Gasteiger partial charge in [0.2, 0.25) is 0 Å². The zero-order chi connectivity index (χ0) is 14.1. The Kier molecular flexibility index (Phi) is 10.2. The summed E-state index contributed by atoms with van der Waals surface area (Å²) in [6.45, 7) is 6.07. The van der Waals surface area contributed by atoms with Gasteiger partial charge in [-0.05, 0) is 31.5 Å². The molecular formula is C14H24IN3O2. The molecule has 0 saturated carbocycles. The molecule has 0 aliphatic heterocycles. The molecular weight excluding hydrogens is 369 g/mol. The highest BCUT2D eigenvalue weighted by molar-refractivity contribution is 14.0. The van der Waals surface area contributed by atoms with Gasteiger partial charge in [0.05, 0.1) is 13.2 Å². The van der Waals surface area contributed by atoms with Gasteiger partial charge in [-0.25, -0.2) is 4.99 Å². The first-order valence-electron chi connectivity index (χ1n) is 6.47. The number of guanidine groups is 1. The Morgan fingerprint density at radius 2 is 2.00 bits per heavy atom. The molecule has 0 heterocycles. The van der Waals surface area contributed by atoms with E-state index < -0.39 is 0 Å². The van der Waals surface area contributed by atoms with Gasteiger partial charge < -0.3 is 20.5 Å². The number of aromatic hydroxyl groups is 1. The topological polar surface area (TPSA) is 65.9 Å². The van der Waals surface area contributed by atoms with Crippen LogP contribution in [0.4, 0.5) is 0 Å². The number of nitrogens with zero attached hydrogens (tertiary/aromatic N) is 1. The smallest absolute Gasteiger partial charge is 0.191 e. The second kappa shape index (κ2) is 10.7. The predicted molar refractivity (Wildman–Crippen MR) is 92.8 cm³/mol. The number of rotatable bonds is 6. The average molecular weight is 393 g/mol. The minimum atomic E-state index is 0. The van der Waals surface area contributed by atoms with Crippen molar-refractivity contribution in [1.29, 1.82) is 0 Å². The number of phenolic OH excluding ortho intramolecular Hbond substituents is 1. The summed E-state index contributed by atoms with van der Waals surface area (Å²) in [5, 5.41) is 15.7. The lowest BCUT2D eigenvalue weighted by Crippen LogP contribution is -2.43. The summed E-state index contributed by atoms with van der Waals surface area (Å²) in [5.74, 6) is 1.03. The SMILES string of the molecule is CCNC(=NCc1ccc(O)cc1)NC(C)COC.I. The highest BCUT2D eigenvalue weighted by Crippen LogP contribution is 2.10. The number of methoxy groups -OCH3 is 1. The molecule has 20 heavy (non-hydrogen) atoms. The molecule has 3 N–H and O–H groups in total. The fraction of sp³-hybridized carbons (Fsp3) is 0.500. The van der Waals surface area contributed by atoms with Crippen molar-refractivity contribution in [2.75, 3.05) is 20.3 Å². The zero-order valence-corrected chi connectivity index (χ0v) is 14.5. The van der Waals surface area contributed by atoms with Gasteiger partial charge in [-0.2, -0.15) is 0 Å². The number of aliphatic imine (C=N–C) groups is 1. The lowest BCUT2D eigenvalue weighted by Gasteiger charge is -2.16. The maximum absolute atomic E-state index is 9.22. The standard InChI is InChI=1S/C14H23N3O2.HI/c1-4-15-14(17-11(2)10-19-3)16-9-12-5-7-13(18)8-6-12;/h5-8,11,18H,4,9-10H2,1-3H3,(H2,15,16,17);1H. The van der Waals surface area contributed by atoms with Crippen LogP contribution in [0.15, 0.2) is 29.3 Å². The molecule has 1 aromatic carbocycles. The Morgan fingerprint density at radius 3 is 2.55 bits per heavy atom. The molecule has 0 aliphatic rings. The normalized spacial score (nSPS) is 12.4. The summed E-state index contributed by atoms with van der Waals surface area (Å²) < 4.78 is 5.09. The third-order valence-electron chi connectivity index (χ3n) is 2.50. The Morgan fingerprint density at radius 1 is 1.35 bits per heavy atom. The first-order valence-corrected chi connectivity index (χ1v) is 6.47. The van der Waals surface area contributed by atoms with Crippen LogP contribution in [0.5, 0.6) is 5.75 Å². The average Bonchev–Trinajstić information content (AvgIpc) is 2.38. The Bertz CT molecular complexity index is 396. The van der Waals surface area contributed by atoms with Crippen LogP contribution in [0.1, 0.15) is 19.4 Å². The van der Waals surface area contributed by atoms with Crippen LogP contribution in [-0.4, -0.2) is 37.4 Å². The van der Waals surface area contributed by atoms with Gasteiger partial charge in [0.25, 0.3) is 0 Å². The number of nitrogens with one attached hydrogen (secondary N) is 2. The quantitative estimate of drug-likeness (QED) is 0.394. The van der Waals surface area contributed by atoms with E-state index in [0.29, 0.717) is 13.2 Å². The maximum atomic E-state index is 9.22. The summed E-state index contributed by atoms with van der Waals surface area (Å²) in [5.41, 5.74) is 1.05. The molecule has 0 saturated heterocycles. The van der Waals surface area contributed by atoms with Gasteiger partial charge >= 0.3 is 0 Å². The number of ether oxygens (including phenoxy) is 1. The van der Waals surface area contributed by atoms with Gasteiger partial charge in [-0.1, -0.05) is 12.1 Å². The molecule has 0 bridgehead atoms. The predicted octanol–water partition coefficient (Wildman–Crippen LogP) is 2.10. The van der Waals surface area contributed by atoms with E-state index >= 15 is 0 Å². The molecule has 1 rings (SSSR count). The second-order valence-electron chi connectivity index (χ2n) is 4.36. The molecule has 0 fully saturated rings. The van der Waals surface area contributed by atoms with Crippen molar-refractivity contribution >= 4 is 29.9 Å². The fourth-order valence-electron chi connectivity index (χ4n) is 1.62. The lowest BCUT2D eigenvalue weighted by atomic mass is 10.2. The number of halogens is 1. The molecule has 0 aromatic heterocycles. The zero-order valence-electron chi connectivity index (χ0n) is 12.2. The highest BCUT2D eigenvalue weighted by Gasteiger charge is 2.04. The van der Waals surface area contributed by atoms with Gasteiger partial charge in [0.1, 0.15) is 5.75 Å². The van der Waals surface area contributed by atoms with Crippen molar-refractivity contribution in [2.45, 2.75) is 26.4 Å². The third-order valence-corrected chi connectivity index (χ3v) is 2.50. The number of benzene rings is 1. The van der Waals surface area contributed by atoms with Crippen molar-refractivity contribution in [1.82, 2.24) is 10.6 Å². The molecule has 0 aliphatic carbocycles. The fourth-order valence-corrected chi connectivity index (χ4v) is 1.62. The molecule has 5 nitrogen and oxygen atoms in total. The van der Waals surface area contributed by atoms with Crippen molar-refractivity contribution < 1.29 is 9.84 Å². The lowest BCUT2D eigenvalue weighted by molar-refractivity contribution is 0.179. The molecule has 0 amide bonds. The molecule has 114 valence electrons. The molecule has 0 radical (unpaired) electrons. The first-order chi connectivity index (χ1) is 9.15. The second-order valence-corrected chi connectivity index (χ2v) is 4.36. The molecule has 1 aromatic rings. The van der Waals surface area contributed by atoms with E-state index in [-0.39, 0.29) is 35.8 Å². The van der Waals surface area contributed by atoms with Crippen molar-refractivity contribution in [2.24, 2.45) is 4.99 Å². The van der Waals surface area contributed by atoms with Crippen molar-refractivity contribution in [3.8, 4) is 5.75 Å². The van der Waals surface area contributed by atoms with E-state index in [0.717, 1.165) is 18.1 Å². The monoisotopic (exact) mass is 393 g/mol. The number of hydrogen-bond acceptors (Lipinski definition) is 3.